The zero-order valence-electron chi connectivity index (χ0n) is 19.1. The zero-order valence-corrected chi connectivity index (χ0v) is 21.5. The number of likely N-dealkylation sites (N-methyl/N-ethyl adjacent to an activating group) is 1. The highest BCUT2D eigenvalue weighted by Crippen LogP contribution is 2.38. The number of nitrogens with zero attached hydrogens (tertiary/aromatic N) is 2. The van der Waals surface area contributed by atoms with Crippen LogP contribution in [0.25, 0.3) is 6.08 Å². The minimum absolute atomic E-state index is 0.0944. The molecule has 0 radical (unpaired) electrons. The van der Waals surface area contributed by atoms with Gasteiger partial charge in [0, 0.05) is 7.05 Å². The van der Waals surface area contributed by atoms with Crippen LogP contribution in [0.5, 0.6) is 5.75 Å². The van der Waals surface area contributed by atoms with Gasteiger partial charge in [0.15, 0.2) is 10.9 Å². The van der Waals surface area contributed by atoms with E-state index in [9.17, 15) is 14.0 Å². The van der Waals surface area contributed by atoms with Crippen molar-refractivity contribution in [3.05, 3.63) is 98.1 Å². The Morgan fingerprint density at radius 3 is 2.44 bits per heavy atom. The number of esters is 1. The van der Waals surface area contributed by atoms with Gasteiger partial charge in [0.25, 0.3) is 5.91 Å². The molecule has 10 heteroatoms. The van der Waals surface area contributed by atoms with Crippen LogP contribution in [0.4, 0.5) is 10.1 Å². The van der Waals surface area contributed by atoms with Crippen molar-refractivity contribution < 1.29 is 23.5 Å². The molecule has 1 amide bonds. The van der Waals surface area contributed by atoms with E-state index in [1.807, 2.05) is 0 Å². The lowest BCUT2D eigenvalue weighted by molar-refractivity contribution is -0.121. The van der Waals surface area contributed by atoms with Gasteiger partial charge in [0.1, 0.15) is 12.4 Å². The van der Waals surface area contributed by atoms with Crippen LogP contribution < -0.4 is 4.74 Å². The third-order valence-corrected chi connectivity index (χ3v) is 6.73. The second kappa shape index (κ2) is 11.2. The highest BCUT2D eigenvalue weighted by Gasteiger charge is 2.30. The third-order valence-electron chi connectivity index (χ3n) is 5.11. The first kappa shape index (κ1) is 25.8. The molecule has 184 valence electrons. The number of ether oxygens (including phenoxy) is 2. The monoisotopic (exact) mass is 544 g/mol. The van der Waals surface area contributed by atoms with Gasteiger partial charge in [-0.25, -0.2) is 14.2 Å². The van der Waals surface area contributed by atoms with Gasteiger partial charge in [-0.3, -0.25) is 9.69 Å². The molecule has 3 aromatic rings. The topological polar surface area (TPSA) is 68.2 Å². The van der Waals surface area contributed by atoms with Crippen molar-refractivity contribution in [3.63, 3.8) is 0 Å². The maximum atomic E-state index is 13.4. The highest BCUT2D eigenvalue weighted by atomic mass is 35.5. The van der Waals surface area contributed by atoms with Crippen LogP contribution in [-0.2, 0) is 16.1 Å². The van der Waals surface area contributed by atoms with Gasteiger partial charge < -0.3 is 9.47 Å². The molecule has 0 saturated carbocycles. The summed E-state index contributed by atoms with van der Waals surface area (Å²) in [4.78, 5) is 30.8. The van der Waals surface area contributed by atoms with Crippen LogP contribution in [0.3, 0.4) is 0 Å². The molecule has 6 nitrogen and oxygen atoms in total. The van der Waals surface area contributed by atoms with Crippen LogP contribution in [0.15, 0.2) is 70.6 Å². The molecule has 0 bridgehead atoms. The summed E-state index contributed by atoms with van der Waals surface area (Å²) in [5.41, 5.74) is 2.23. The molecule has 0 spiro atoms. The van der Waals surface area contributed by atoms with Gasteiger partial charge in [-0.1, -0.05) is 35.3 Å². The number of methoxy groups -OCH3 is 1. The molecule has 1 heterocycles. The molecule has 0 N–H and O–H groups in total. The Balaban J connectivity index is 1.51. The molecule has 0 atom stereocenters. The summed E-state index contributed by atoms with van der Waals surface area (Å²) >= 11 is 14.0. The van der Waals surface area contributed by atoms with Crippen LogP contribution >= 0.6 is 35.0 Å². The number of halogens is 3. The van der Waals surface area contributed by atoms with Crippen LogP contribution in [0.1, 0.15) is 21.5 Å². The number of hydrogen-bond acceptors (Lipinski definition) is 6. The summed E-state index contributed by atoms with van der Waals surface area (Å²) in [7, 11) is 2.94. The SMILES string of the molecule is COC(=O)c1ccc(N=C2S/C(=C\c3cc(Cl)c(OCc4cccc(F)c4)c(Cl)c3)C(=O)N2C)cc1. The Labute approximate surface area is 221 Å². The molecule has 1 saturated heterocycles. The van der Waals surface area contributed by atoms with E-state index in [4.69, 9.17) is 32.7 Å². The van der Waals surface area contributed by atoms with E-state index in [1.54, 1.807) is 61.7 Å². The lowest BCUT2D eigenvalue weighted by atomic mass is 10.2. The minimum atomic E-state index is -0.440. The third kappa shape index (κ3) is 5.90. The molecule has 0 unspecified atom stereocenters. The van der Waals surface area contributed by atoms with E-state index >= 15 is 0 Å². The summed E-state index contributed by atoms with van der Waals surface area (Å²) in [6, 6.07) is 15.9. The van der Waals surface area contributed by atoms with Gasteiger partial charge in [-0.15, -0.1) is 0 Å². The number of thioether (sulfide) groups is 1. The van der Waals surface area contributed by atoms with Crippen molar-refractivity contribution in [1.29, 1.82) is 0 Å². The molecular formula is C26H19Cl2FN2O4S. The second-order valence-electron chi connectivity index (χ2n) is 7.64. The second-order valence-corrected chi connectivity index (χ2v) is 9.46. The van der Waals surface area contributed by atoms with E-state index in [0.29, 0.717) is 32.5 Å². The predicted octanol–water partition coefficient (Wildman–Crippen LogP) is 6.73. The van der Waals surface area contributed by atoms with E-state index in [-0.39, 0.29) is 34.1 Å². The summed E-state index contributed by atoms with van der Waals surface area (Å²) in [6.07, 6.45) is 1.67. The molecule has 0 aliphatic carbocycles. The number of benzene rings is 3. The summed E-state index contributed by atoms with van der Waals surface area (Å²) in [5, 5.41) is 0.993. The zero-order chi connectivity index (χ0) is 25.8. The summed E-state index contributed by atoms with van der Waals surface area (Å²) in [5.74, 6) is -0.765. The van der Waals surface area contributed by atoms with Crippen LogP contribution in [0, 0.1) is 5.82 Å². The molecule has 0 aromatic heterocycles. The van der Waals surface area contributed by atoms with Crippen LogP contribution in [0.2, 0.25) is 10.0 Å². The average molecular weight is 545 g/mol. The quantitative estimate of drug-likeness (QED) is 0.254. The van der Waals surface area contributed by atoms with Gasteiger partial charge in [-0.05, 0) is 77.5 Å². The van der Waals surface area contributed by atoms with Crippen molar-refractivity contribution in [2.75, 3.05) is 14.2 Å². The van der Waals surface area contributed by atoms with E-state index in [0.717, 1.165) is 0 Å². The molecule has 1 aliphatic rings. The van der Waals surface area contributed by atoms with Gasteiger partial charge >= 0.3 is 5.97 Å². The standard InChI is InChI=1S/C26H19Cl2FN2O4S/c1-31-24(32)22(36-26(31)30-19-8-6-17(7-9-19)25(33)34-2)13-16-11-20(27)23(21(28)12-16)35-14-15-4-3-5-18(29)10-15/h3-13H,14H2,1-2H3/b22-13-,30-26?. The molecule has 1 fully saturated rings. The smallest absolute Gasteiger partial charge is 0.337 e. The Kier molecular flexibility index (Phi) is 7.98. The molecule has 4 rings (SSSR count). The fourth-order valence-corrected chi connectivity index (χ4v) is 4.89. The maximum absolute atomic E-state index is 13.4. The number of rotatable bonds is 6. The fourth-order valence-electron chi connectivity index (χ4n) is 3.29. The summed E-state index contributed by atoms with van der Waals surface area (Å²) in [6.45, 7) is 0.0944. The first-order chi connectivity index (χ1) is 17.2. The Morgan fingerprint density at radius 2 is 1.81 bits per heavy atom. The Morgan fingerprint density at radius 1 is 1.11 bits per heavy atom. The van der Waals surface area contributed by atoms with E-state index in [1.165, 1.54) is 35.9 Å². The van der Waals surface area contributed by atoms with Gasteiger partial charge in [0.2, 0.25) is 0 Å². The van der Waals surface area contributed by atoms with Crippen molar-refractivity contribution in [1.82, 2.24) is 4.90 Å². The maximum Gasteiger partial charge on any atom is 0.337 e. The normalized spacial score (nSPS) is 15.6. The number of amides is 1. The van der Waals surface area contributed by atoms with Gasteiger partial charge in [-0.2, -0.15) is 0 Å². The minimum Gasteiger partial charge on any atom is -0.486 e. The van der Waals surface area contributed by atoms with Crippen LogP contribution in [-0.4, -0.2) is 36.1 Å². The number of hydrogen-bond donors (Lipinski definition) is 0. The highest BCUT2D eigenvalue weighted by molar-refractivity contribution is 8.18. The summed E-state index contributed by atoms with van der Waals surface area (Å²) < 4.78 is 23.8. The van der Waals surface area contributed by atoms with Crippen molar-refractivity contribution in [3.8, 4) is 5.75 Å². The molecule has 36 heavy (non-hydrogen) atoms. The largest absolute Gasteiger partial charge is 0.486 e. The average Bonchev–Trinajstić information content (AvgIpc) is 3.11. The molecular weight excluding hydrogens is 526 g/mol. The fraction of sp³-hybridized carbons (Fsp3) is 0.115. The van der Waals surface area contributed by atoms with Gasteiger partial charge in [0.05, 0.1) is 33.3 Å². The number of carbonyl (C=O) groups excluding carboxylic acids is 2. The molecule has 1 aliphatic heterocycles. The number of carbonyl (C=O) groups is 2. The first-order valence-corrected chi connectivity index (χ1v) is 12.1. The van der Waals surface area contributed by atoms with E-state index < -0.39 is 5.97 Å². The van der Waals surface area contributed by atoms with Crippen molar-refractivity contribution in [2.24, 2.45) is 4.99 Å². The lowest BCUT2D eigenvalue weighted by Gasteiger charge is -2.11. The van der Waals surface area contributed by atoms with E-state index in [2.05, 4.69) is 4.99 Å². The predicted molar refractivity (Wildman–Crippen MR) is 140 cm³/mol. The lowest BCUT2D eigenvalue weighted by Crippen LogP contribution is -2.23. The Bertz CT molecular complexity index is 1370. The van der Waals surface area contributed by atoms with Crippen molar-refractivity contribution in [2.45, 2.75) is 6.61 Å². The molecule has 3 aromatic carbocycles. The number of amidine groups is 1. The van der Waals surface area contributed by atoms with Crippen molar-refractivity contribution >= 4 is 63.8 Å². The first-order valence-electron chi connectivity index (χ1n) is 10.6. The Hall–Kier alpha value is -3.33. The number of aliphatic imine (C=N–C) groups is 1.